The maximum Gasteiger partial charge on any atom is 0.271 e. The van der Waals surface area contributed by atoms with Crippen LogP contribution in [0.5, 0.6) is 0 Å². The molecule has 2 rings (SSSR count). The second kappa shape index (κ2) is 5.21. The highest BCUT2D eigenvalue weighted by atomic mass is 35.5. The van der Waals surface area contributed by atoms with Gasteiger partial charge in [0, 0.05) is 11.6 Å². The largest absolute Gasteiger partial charge is 0.365 e. The van der Waals surface area contributed by atoms with Gasteiger partial charge >= 0.3 is 0 Å². The van der Waals surface area contributed by atoms with E-state index in [2.05, 4.69) is 15.3 Å². The Labute approximate surface area is 108 Å². The molecule has 0 spiro atoms. The average molecular weight is 270 g/mol. The zero-order valence-corrected chi connectivity index (χ0v) is 10.2. The minimum Gasteiger partial charge on any atom is -0.365 e. The van der Waals surface area contributed by atoms with Crippen LogP contribution in [-0.4, -0.2) is 9.97 Å². The number of nitrogens with one attached hydrogen (secondary N) is 2. The van der Waals surface area contributed by atoms with Crippen molar-refractivity contribution in [1.29, 1.82) is 0 Å². The molecule has 17 heavy (non-hydrogen) atoms. The number of rotatable bonds is 3. The number of nitrogens with zero attached hydrogens (tertiary/aromatic N) is 1. The lowest BCUT2D eigenvalue weighted by atomic mass is 10.2. The molecule has 1 aromatic heterocycles. The fourth-order valence-corrected chi connectivity index (χ4v) is 1.72. The molecule has 0 radical (unpaired) electrons. The van der Waals surface area contributed by atoms with Gasteiger partial charge in [0.2, 0.25) is 0 Å². The summed E-state index contributed by atoms with van der Waals surface area (Å²) < 4.78 is 0. The van der Waals surface area contributed by atoms with Crippen LogP contribution in [0, 0.1) is 0 Å². The first-order valence-electron chi connectivity index (χ1n) is 4.88. The summed E-state index contributed by atoms with van der Waals surface area (Å²) >= 11 is 11.7. The Hall–Kier alpha value is -1.52. The van der Waals surface area contributed by atoms with E-state index < -0.39 is 0 Å². The van der Waals surface area contributed by atoms with Crippen LogP contribution >= 0.6 is 23.2 Å². The topological polar surface area (TPSA) is 57.8 Å². The number of benzene rings is 1. The molecule has 1 heterocycles. The fraction of sp³-hybridized carbons (Fsp3) is 0.0909. The van der Waals surface area contributed by atoms with Gasteiger partial charge in [0.25, 0.3) is 5.56 Å². The van der Waals surface area contributed by atoms with Crippen molar-refractivity contribution in [2.24, 2.45) is 0 Å². The van der Waals surface area contributed by atoms with E-state index in [1.165, 1.54) is 6.33 Å². The quantitative estimate of drug-likeness (QED) is 0.901. The molecule has 1 aromatic carbocycles. The Kier molecular flexibility index (Phi) is 3.66. The van der Waals surface area contributed by atoms with Crippen molar-refractivity contribution in [2.45, 2.75) is 6.54 Å². The van der Waals surface area contributed by atoms with Crippen LogP contribution in [0.3, 0.4) is 0 Å². The summed E-state index contributed by atoms with van der Waals surface area (Å²) in [6.07, 6.45) is 1.30. The summed E-state index contributed by atoms with van der Waals surface area (Å²) in [5.74, 6) is 0.357. The standard InChI is InChI=1S/C11H9Cl2N3O/c12-8-3-1-2-7(4-8)5-14-10-9(13)11(17)16-6-15-10/h1-4,6H,5H2,(H2,14,15,16,17). The Balaban J connectivity index is 2.13. The number of H-pyrrole nitrogens is 1. The van der Waals surface area contributed by atoms with Gasteiger partial charge in [0.15, 0.2) is 5.82 Å². The zero-order chi connectivity index (χ0) is 12.3. The van der Waals surface area contributed by atoms with Crippen molar-refractivity contribution in [1.82, 2.24) is 9.97 Å². The molecular formula is C11H9Cl2N3O. The van der Waals surface area contributed by atoms with Crippen molar-refractivity contribution >= 4 is 29.0 Å². The third kappa shape index (κ3) is 2.99. The van der Waals surface area contributed by atoms with Crippen LogP contribution in [0.1, 0.15) is 5.56 Å². The average Bonchev–Trinajstić information content (AvgIpc) is 2.31. The minimum atomic E-state index is -0.365. The molecule has 0 aliphatic carbocycles. The Morgan fingerprint density at radius 2 is 2.18 bits per heavy atom. The van der Waals surface area contributed by atoms with Crippen molar-refractivity contribution in [3.05, 3.63) is 56.6 Å². The lowest BCUT2D eigenvalue weighted by molar-refractivity contribution is 1.06. The summed E-state index contributed by atoms with van der Waals surface area (Å²) in [6.45, 7) is 0.497. The van der Waals surface area contributed by atoms with E-state index in [9.17, 15) is 4.79 Å². The number of aromatic nitrogens is 2. The lowest BCUT2D eigenvalue weighted by Gasteiger charge is -2.06. The molecule has 0 saturated heterocycles. The van der Waals surface area contributed by atoms with Gasteiger partial charge in [-0.05, 0) is 17.7 Å². The molecule has 2 aromatic rings. The fourth-order valence-electron chi connectivity index (χ4n) is 1.34. The molecule has 0 fully saturated rings. The van der Waals surface area contributed by atoms with Crippen molar-refractivity contribution in [3.63, 3.8) is 0 Å². The van der Waals surface area contributed by atoms with Crippen molar-refractivity contribution < 1.29 is 0 Å². The molecular weight excluding hydrogens is 261 g/mol. The molecule has 2 N–H and O–H groups in total. The first kappa shape index (κ1) is 12.0. The predicted molar refractivity (Wildman–Crippen MR) is 68.6 cm³/mol. The monoisotopic (exact) mass is 269 g/mol. The van der Waals surface area contributed by atoms with E-state index in [1.807, 2.05) is 18.2 Å². The van der Waals surface area contributed by atoms with Crippen LogP contribution in [0.15, 0.2) is 35.4 Å². The van der Waals surface area contributed by atoms with E-state index >= 15 is 0 Å². The van der Waals surface area contributed by atoms with Crippen LogP contribution < -0.4 is 10.9 Å². The molecule has 0 aliphatic heterocycles. The molecule has 0 amide bonds. The van der Waals surface area contributed by atoms with Gasteiger partial charge in [-0.1, -0.05) is 35.3 Å². The molecule has 0 unspecified atom stereocenters. The van der Waals surface area contributed by atoms with Gasteiger partial charge in [-0.3, -0.25) is 4.79 Å². The molecule has 6 heteroatoms. The van der Waals surface area contributed by atoms with Crippen molar-refractivity contribution in [2.75, 3.05) is 5.32 Å². The maximum absolute atomic E-state index is 11.2. The smallest absolute Gasteiger partial charge is 0.271 e. The number of hydrogen-bond donors (Lipinski definition) is 2. The van der Waals surface area contributed by atoms with Gasteiger partial charge in [0.05, 0.1) is 6.33 Å². The van der Waals surface area contributed by atoms with Crippen LogP contribution in [0.25, 0.3) is 0 Å². The number of aromatic amines is 1. The highest BCUT2D eigenvalue weighted by molar-refractivity contribution is 6.32. The van der Waals surface area contributed by atoms with Gasteiger partial charge in [-0.2, -0.15) is 0 Å². The summed E-state index contributed by atoms with van der Waals surface area (Å²) in [5.41, 5.74) is 0.617. The molecule has 88 valence electrons. The van der Waals surface area contributed by atoms with E-state index in [1.54, 1.807) is 6.07 Å². The van der Waals surface area contributed by atoms with E-state index in [0.29, 0.717) is 17.4 Å². The third-order valence-electron chi connectivity index (χ3n) is 2.15. The summed E-state index contributed by atoms with van der Waals surface area (Å²) in [7, 11) is 0. The summed E-state index contributed by atoms with van der Waals surface area (Å²) in [4.78, 5) is 17.5. The Morgan fingerprint density at radius 3 is 2.94 bits per heavy atom. The summed E-state index contributed by atoms with van der Waals surface area (Å²) in [6, 6.07) is 7.39. The third-order valence-corrected chi connectivity index (χ3v) is 2.73. The first-order chi connectivity index (χ1) is 8.16. The highest BCUT2D eigenvalue weighted by Gasteiger charge is 2.04. The Bertz CT molecular complexity index is 583. The van der Waals surface area contributed by atoms with Gasteiger partial charge in [0.1, 0.15) is 5.02 Å². The first-order valence-corrected chi connectivity index (χ1v) is 5.64. The number of halogens is 2. The molecule has 0 saturated carbocycles. The van der Waals surface area contributed by atoms with Gasteiger partial charge in [-0.15, -0.1) is 0 Å². The van der Waals surface area contributed by atoms with E-state index in [4.69, 9.17) is 23.2 Å². The molecule has 4 nitrogen and oxygen atoms in total. The zero-order valence-electron chi connectivity index (χ0n) is 8.71. The second-order valence-corrected chi connectivity index (χ2v) is 4.19. The van der Waals surface area contributed by atoms with Crippen molar-refractivity contribution in [3.8, 4) is 0 Å². The molecule has 0 atom stereocenters. The normalized spacial score (nSPS) is 10.2. The van der Waals surface area contributed by atoms with E-state index in [0.717, 1.165) is 5.56 Å². The number of hydrogen-bond acceptors (Lipinski definition) is 3. The lowest BCUT2D eigenvalue weighted by Crippen LogP contribution is -2.11. The summed E-state index contributed by atoms with van der Waals surface area (Å²) in [5, 5.41) is 3.69. The Morgan fingerprint density at radius 1 is 1.35 bits per heavy atom. The SMILES string of the molecule is O=c1[nH]cnc(NCc2cccc(Cl)c2)c1Cl. The maximum atomic E-state index is 11.2. The minimum absolute atomic E-state index is 0.0505. The second-order valence-electron chi connectivity index (χ2n) is 3.38. The van der Waals surface area contributed by atoms with E-state index in [-0.39, 0.29) is 10.6 Å². The van der Waals surface area contributed by atoms with Gasteiger partial charge in [-0.25, -0.2) is 4.98 Å². The highest BCUT2D eigenvalue weighted by Crippen LogP contribution is 2.15. The van der Waals surface area contributed by atoms with Gasteiger partial charge < -0.3 is 10.3 Å². The predicted octanol–water partition coefficient (Wildman–Crippen LogP) is 2.69. The molecule has 0 bridgehead atoms. The van der Waals surface area contributed by atoms with Crippen LogP contribution in [0.4, 0.5) is 5.82 Å². The number of anilines is 1. The van der Waals surface area contributed by atoms with Crippen LogP contribution in [0.2, 0.25) is 10.0 Å². The van der Waals surface area contributed by atoms with Crippen LogP contribution in [-0.2, 0) is 6.54 Å². The molecule has 0 aliphatic rings.